The maximum Gasteiger partial charge on any atom is 0.251 e. The first kappa shape index (κ1) is 15.1. The van der Waals surface area contributed by atoms with E-state index in [4.69, 9.17) is 4.52 Å². The fourth-order valence-electron chi connectivity index (χ4n) is 2.66. The van der Waals surface area contributed by atoms with Crippen LogP contribution < -0.4 is 5.32 Å². The SMILES string of the molecule is CCn1cccc1-c1noc(CNC(=O)c2ccc3nc[nH]c3c2)n1. The Kier molecular flexibility index (Phi) is 3.77. The number of aromatic nitrogens is 5. The Hall–Kier alpha value is -3.42. The number of fused-ring (bicyclic) bond motifs is 1. The second-order valence-electron chi connectivity index (χ2n) is 5.51. The number of rotatable bonds is 5. The number of benzene rings is 1. The molecule has 0 radical (unpaired) electrons. The smallest absolute Gasteiger partial charge is 0.251 e. The number of carbonyl (C=O) groups is 1. The van der Waals surface area contributed by atoms with Crippen molar-refractivity contribution < 1.29 is 9.32 Å². The molecule has 126 valence electrons. The lowest BCUT2D eigenvalue weighted by Gasteiger charge is -2.02. The van der Waals surface area contributed by atoms with Crippen molar-refractivity contribution >= 4 is 16.9 Å². The van der Waals surface area contributed by atoms with Crippen LogP contribution in [0.25, 0.3) is 22.6 Å². The van der Waals surface area contributed by atoms with Crippen molar-refractivity contribution in [3.8, 4) is 11.5 Å². The zero-order chi connectivity index (χ0) is 17.2. The molecule has 0 aliphatic carbocycles. The first-order valence-electron chi connectivity index (χ1n) is 7.94. The van der Waals surface area contributed by atoms with E-state index in [1.54, 1.807) is 24.5 Å². The predicted octanol–water partition coefficient (Wildman–Crippen LogP) is 2.36. The molecule has 1 aromatic carbocycles. The van der Waals surface area contributed by atoms with Gasteiger partial charge in [0.1, 0.15) is 0 Å². The van der Waals surface area contributed by atoms with E-state index in [2.05, 4.69) is 25.4 Å². The third-order valence-electron chi connectivity index (χ3n) is 3.95. The summed E-state index contributed by atoms with van der Waals surface area (Å²) in [5.41, 5.74) is 3.05. The van der Waals surface area contributed by atoms with E-state index in [0.717, 1.165) is 23.3 Å². The van der Waals surface area contributed by atoms with Crippen molar-refractivity contribution in [3.63, 3.8) is 0 Å². The van der Waals surface area contributed by atoms with E-state index < -0.39 is 0 Å². The van der Waals surface area contributed by atoms with Gasteiger partial charge in [-0.05, 0) is 37.3 Å². The van der Waals surface area contributed by atoms with E-state index in [0.29, 0.717) is 17.3 Å². The van der Waals surface area contributed by atoms with E-state index in [1.165, 1.54) is 0 Å². The summed E-state index contributed by atoms with van der Waals surface area (Å²) < 4.78 is 7.25. The van der Waals surface area contributed by atoms with Crippen LogP contribution in [0.15, 0.2) is 47.4 Å². The third-order valence-corrected chi connectivity index (χ3v) is 3.95. The lowest BCUT2D eigenvalue weighted by molar-refractivity contribution is 0.0946. The summed E-state index contributed by atoms with van der Waals surface area (Å²) in [6.45, 7) is 3.03. The van der Waals surface area contributed by atoms with Gasteiger partial charge in [0, 0.05) is 18.3 Å². The van der Waals surface area contributed by atoms with Gasteiger partial charge < -0.3 is 19.4 Å². The van der Waals surface area contributed by atoms with Gasteiger partial charge in [-0.2, -0.15) is 4.98 Å². The molecule has 8 heteroatoms. The topological polar surface area (TPSA) is 102 Å². The monoisotopic (exact) mass is 336 g/mol. The summed E-state index contributed by atoms with van der Waals surface area (Å²) in [4.78, 5) is 23.7. The molecular weight excluding hydrogens is 320 g/mol. The number of nitrogens with one attached hydrogen (secondary N) is 2. The fraction of sp³-hybridized carbons (Fsp3) is 0.176. The Morgan fingerprint density at radius 1 is 1.36 bits per heavy atom. The Labute approximate surface area is 142 Å². The van der Waals surface area contributed by atoms with Crippen LogP contribution in [-0.2, 0) is 13.1 Å². The van der Waals surface area contributed by atoms with Crippen molar-refractivity contribution in [2.75, 3.05) is 0 Å². The van der Waals surface area contributed by atoms with Crippen molar-refractivity contribution in [2.45, 2.75) is 20.0 Å². The number of amides is 1. The molecule has 0 fully saturated rings. The summed E-state index contributed by atoms with van der Waals surface area (Å²) in [6.07, 6.45) is 3.55. The number of aromatic amines is 1. The lowest BCUT2D eigenvalue weighted by Crippen LogP contribution is -2.22. The molecule has 0 saturated carbocycles. The fourth-order valence-corrected chi connectivity index (χ4v) is 2.66. The molecule has 25 heavy (non-hydrogen) atoms. The number of carbonyl (C=O) groups excluding carboxylic acids is 1. The van der Waals surface area contributed by atoms with E-state index in [1.807, 2.05) is 29.8 Å². The summed E-state index contributed by atoms with van der Waals surface area (Å²) in [6, 6.07) is 9.14. The van der Waals surface area contributed by atoms with Gasteiger partial charge in [-0.15, -0.1) is 0 Å². The molecule has 4 aromatic rings. The van der Waals surface area contributed by atoms with Gasteiger partial charge in [-0.3, -0.25) is 4.79 Å². The molecule has 0 spiro atoms. The molecule has 2 N–H and O–H groups in total. The minimum Gasteiger partial charge on any atom is -0.345 e. The lowest BCUT2D eigenvalue weighted by atomic mass is 10.2. The maximum atomic E-state index is 12.3. The van der Waals surface area contributed by atoms with Gasteiger partial charge in [0.25, 0.3) is 5.91 Å². The Morgan fingerprint density at radius 3 is 3.16 bits per heavy atom. The highest BCUT2D eigenvalue weighted by molar-refractivity contribution is 5.97. The van der Waals surface area contributed by atoms with Crippen LogP contribution in [0, 0.1) is 0 Å². The van der Waals surface area contributed by atoms with Gasteiger partial charge in [0.2, 0.25) is 11.7 Å². The average molecular weight is 336 g/mol. The highest BCUT2D eigenvalue weighted by Crippen LogP contribution is 2.17. The van der Waals surface area contributed by atoms with E-state index >= 15 is 0 Å². The Morgan fingerprint density at radius 2 is 2.28 bits per heavy atom. The van der Waals surface area contributed by atoms with Crippen LogP contribution in [0.4, 0.5) is 0 Å². The quantitative estimate of drug-likeness (QED) is 0.582. The number of nitrogens with zero attached hydrogens (tertiary/aromatic N) is 4. The van der Waals surface area contributed by atoms with Crippen molar-refractivity contribution in [1.82, 2.24) is 30.0 Å². The summed E-state index contributed by atoms with van der Waals surface area (Å²) in [5.74, 6) is 0.651. The molecule has 0 aliphatic heterocycles. The van der Waals surface area contributed by atoms with Gasteiger partial charge in [0.05, 0.1) is 29.6 Å². The number of aryl methyl sites for hydroxylation is 1. The molecule has 3 aromatic heterocycles. The molecule has 0 unspecified atom stereocenters. The number of hydrogen-bond acceptors (Lipinski definition) is 5. The van der Waals surface area contributed by atoms with Crippen LogP contribution in [0.1, 0.15) is 23.2 Å². The van der Waals surface area contributed by atoms with Crippen LogP contribution in [0.3, 0.4) is 0 Å². The zero-order valence-electron chi connectivity index (χ0n) is 13.6. The standard InChI is InChI=1S/C17H16N6O2/c1-2-23-7-3-4-14(23)16-21-15(25-22-16)9-18-17(24)11-5-6-12-13(8-11)20-10-19-12/h3-8,10H,2,9H2,1H3,(H,18,24)(H,19,20). The van der Waals surface area contributed by atoms with E-state index in [9.17, 15) is 4.79 Å². The zero-order valence-corrected chi connectivity index (χ0v) is 13.6. The van der Waals surface area contributed by atoms with Gasteiger partial charge in [-0.1, -0.05) is 5.16 Å². The number of H-pyrrole nitrogens is 1. The molecule has 0 bridgehead atoms. The minimum atomic E-state index is -0.215. The average Bonchev–Trinajstić information content (AvgIpc) is 3.38. The van der Waals surface area contributed by atoms with Gasteiger partial charge >= 0.3 is 0 Å². The highest BCUT2D eigenvalue weighted by Gasteiger charge is 2.13. The van der Waals surface area contributed by atoms with Crippen LogP contribution >= 0.6 is 0 Å². The first-order valence-corrected chi connectivity index (χ1v) is 7.94. The normalized spacial score (nSPS) is 11.1. The molecule has 0 atom stereocenters. The van der Waals surface area contributed by atoms with Crippen molar-refractivity contribution in [1.29, 1.82) is 0 Å². The molecule has 0 aliphatic rings. The summed E-state index contributed by atoms with van der Waals surface area (Å²) >= 11 is 0. The second-order valence-corrected chi connectivity index (χ2v) is 5.51. The second kappa shape index (κ2) is 6.23. The highest BCUT2D eigenvalue weighted by atomic mass is 16.5. The third kappa shape index (κ3) is 2.89. The maximum absolute atomic E-state index is 12.3. The van der Waals surface area contributed by atoms with Gasteiger partial charge in [-0.25, -0.2) is 4.98 Å². The van der Waals surface area contributed by atoms with Crippen molar-refractivity contribution in [2.24, 2.45) is 0 Å². The molecule has 0 saturated heterocycles. The van der Waals surface area contributed by atoms with E-state index in [-0.39, 0.29) is 12.5 Å². The first-order chi connectivity index (χ1) is 12.2. The Bertz CT molecular complexity index is 1030. The van der Waals surface area contributed by atoms with Crippen LogP contribution in [0.5, 0.6) is 0 Å². The van der Waals surface area contributed by atoms with Crippen molar-refractivity contribution in [3.05, 3.63) is 54.3 Å². The summed E-state index contributed by atoms with van der Waals surface area (Å²) in [7, 11) is 0. The van der Waals surface area contributed by atoms with Crippen LogP contribution in [0.2, 0.25) is 0 Å². The molecule has 3 heterocycles. The minimum absolute atomic E-state index is 0.166. The predicted molar refractivity (Wildman–Crippen MR) is 90.7 cm³/mol. The summed E-state index contributed by atoms with van der Waals surface area (Å²) in [5, 5.41) is 6.76. The molecule has 4 rings (SSSR count). The van der Waals surface area contributed by atoms with Gasteiger partial charge in [0.15, 0.2) is 0 Å². The largest absolute Gasteiger partial charge is 0.345 e. The molecule has 8 nitrogen and oxygen atoms in total. The van der Waals surface area contributed by atoms with Crippen LogP contribution in [-0.4, -0.2) is 30.6 Å². The number of hydrogen-bond donors (Lipinski definition) is 2. The molecular formula is C17H16N6O2. The number of imidazole rings is 1. The Balaban J connectivity index is 1.45. The molecule has 1 amide bonds.